The summed E-state index contributed by atoms with van der Waals surface area (Å²) in [6, 6.07) is 12.1. The highest BCUT2D eigenvalue weighted by Gasteiger charge is 2.23. The maximum absolute atomic E-state index is 13.4. The first-order valence-electron chi connectivity index (χ1n) is 11.6. The molecule has 0 bridgehead atoms. The SMILES string of the molecule is COc1c(NC(=O)c2ccc(Cl)c(N3C=C(c4cccnc4)NN3)c2)cc(C(C)(C)C)cc1NS(C)(=O)=O. The van der Waals surface area contributed by atoms with Crippen LogP contribution >= 0.6 is 11.6 Å². The molecule has 1 aliphatic rings. The first-order valence-corrected chi connectivity index (χ1v) is 13.9. The van der Waals surface area contributed by atoms with Gasteiger partial charge in [-0.25, -0.2) is 8.42 Å². The molecule has 1 aromatic heterocycles. The Bertz CT molecular complexity index is 1500. The fourth-order valence-electron chi connectivity index (χ4n) is 3.80. The number of carbonyl (C=O) groups excluding carboxylic acids is 1. The van der Waals surface area contributed by atoms with Crippen LogP contribution < -0.4 is 30.7 Å². The van der Waals surface area contributed by atoms with Crippen LogP contribution in [0.2, 0.25) is 5.02 Å². The molecule has 200 valence electrons. The van der Waals surface area contributed by atoms with Crippen molar-refractivity contribution in [2.75, 3.05) is 28.4 Å². The van der Waals surface area contributed by atoms with Crippen LogP contribution in [0.15, 0.2) is 61.1 Å². The van der Waals surface area contributed by atoms with E-state index < -0.39 is 15.9 Å². The zero-order chi connectivity index (χ0) is 27.7. The Labute approximate surface area is 227 Å². The number of sulfonamides is 1. The quantitative estimate of drug-likeness (QED) is 0.335. The van der Waals surface area contributed by atoms with E-state index in [-0.39, 0.29) is 16.9 Å². The van der Waals surface area contributed by atoms with Crippen LogP contribution in [0.4, 0.5) is 17.1 Å². The second-order valence-electron chi connectivity index (χ2n) is 9.74. The number of ether oxygens (including phenoxy) is 1. The molecule has 2 aromatic carbocycles. The fraction of sp³-hybridized carbons (Fsp3) is 0.231. The maximum atomic E-state index is 13.4. The second-order valence-corrected chi connectivity index (χ2v) is 11.9. The van der Waals surface area contributed by atoms with E-state index in [1.54, 1.807) is 53.9 Å². The molecule has 0 radical (unpaired) electrons. The van der Waals surface area contributed by atoms with Crippen LogP contribution in [0, 0.1) is 0 Å². The van der Waals surface area contributed by atoms with Gasteiger partial charge in [-0.15, -0.1) is 5.53 Å². The Morgan fingerprint density at radius 1 is 1.13 bits per heavy atom. The number of rotatable bonds is 7. The Hall–Kier alpha value is -3.80. The minimum Gasteiger partial charge on any atom is -0.492 e. The van der Waals surface area contributed by atoms with Gasteiger partial charge in [0.1, 0.15) is 0 Å². The number of hydrazine groups is 2. The fourth-order valence-corrected chi connectivity index (χ4v) is 4.56. The Kier molecular flexibility index (Phi) is 7.54. The normalized spacial score (nSPS) is 13.5. The first kappa shape index (κ1) is 27.2. The monoisotopic (exact) mass is 556 g/mol. The maximum Gasteiger partial charge on any atom is 0.255 e. The zero-order valence-electron chi connectivity index (χ0n) is 21.6. The van der Waals surface area contributed by atoms with E-state index in [1.165, 1.54) is 7.11 Å². The molecule has 0 saturated heterocycles. The highest BCUT2D eigenvalue weighted by Crippen LogP contribution is 2.39. The van der Waals surface area contributed by atoms with Crippen LogP contribution in [0.1, 0.15) is 42.3 Å². The van der Waals surface area contributed by atoms with Crippen molar-refractivity contribution < 1.29 is 17.9 Å². The predicted molar refractivity (Wildman–Crippen MR) is 151 cm³/mol. The molecule has 12 heteroatoms. The lowest BCUT2D eigenvalue weighted by atomic mass is 9.86. The third kappa shape index (κ3) is 6.18. The van der Waals surface area contributed by atoms with Crippen LogP contribution in [-0.2, 0) is 15.4 Å². The molecule has 4 rings (SSSR count). The van der Waals surface area contributed by atoms with Crippen molar-refractivity contribution in [2.45, 2.75) is 26.2 Å². The lowest BCUT2D eigenvalue weighted by molar-refractivity contribution is 0.102. The summed E-state index contributed by atoms with van der Waals surface area (Å²) in [6.07, 6.45) is 6.27. The molecule has 0 spiro atoms. The van der Waals surface area contributed by atoms with Gasteiger partial charge in [-0.3, -0.25) is 19.5 Å². The molecule has 1 aliphatic heterocycles. The number of nitrogens with one attached hydrogen (secondary N) is 4. The standard InChI is InChI=1S/C26H29ClN6O4S/c1-26(2,3)18-12-20(24(37-4)21(13-18)31-38(5,35)36)29-25(34)16-8-9-19(27)23(11-16)33-15-22(30-32-33)17-7-6-10-28-14-17/h6-15,30-32H,1-5H3,(H,29,34). The van der Waals surface area contributed by atoms with Gasteiger partial charge in [-0.2, -0.15) is 0 Å². The molecule has 0 aliphatic carbocycles. The van der Waals surface area contributed by atoms with Gasteiger partial charge in [0.05, 0.1) is 41.1 Å². The van der Waals surface area contributed by atoms with Crippen LogP contribution in [0.25, 0.3) is 5.70 Å². The van der Waals surface area contributed by atoms with Crippen molar-refractivity contribution in [3.8, 4) is 5.75 Å². The van der Waals surface area contributed by atoms with Gasteiger partial charge in [0.15, 0.2) is 5.75 Å². The summed E-state index contributed by atoms with van der Waals surface area (Å²) >= 11 is 6.47. The summed E-state index contributed by atoms with van der Waals surface area (Å²) in [6.45, 7) is 5.96. The van der Waals surface area contributed by atoms with Crippen LogP contribution in [0.3, 0.4) is 0 Å². The molecule has 10 nitrogen and oxygen atoms in total. The molecule has 2 heterocycles. The minimum atomic E-state index is -3.60. The van der Waals surface area contributed by atoms with E-state index >= 15 is 0 Å². The largest absolute Gasteiger partial charge is 0.492 e. The average molecular weight is 557 g/mol. The van der Waals surface area contributed by atoms with E-state index in [0.717, 1.165) is 23.1 Å². The summed E-state index contributed by atoms with van der Waals surface area (Å²) in [5.41, 5.74) is 9.62. The summed E-state index contributed by atoms with van der Waals surface area (Å²) in [5.74, 6) is -0.235. The van der Waals surface area contributed by atoms with Gasteiger partial charge < -0.3 is 15.5 Å². The Morgan fingerprint density at radius 3 is 2.50 bits per heavy atom. The predicted octanol–water partition coefficient (Wildman–Crippen LogP) is 4.49. The topological polar surface area (TPSA) is 125 Å². The summed E-state index contributed by atoms with van der Waals surface area (Å²) in [7, 11) is -2.19. The van der Waals surface area contributed by atoms with E-state index in [1.807, 2.05) is 32.9 Å². The lowest BCUT2D eigenvalue weighted by Gasteiger charge is -2.24. The number of hydrogen-bond acceptors (Lipinski definition) is 8. The van der Waals surface area contributed by atoms with E-state index in [9.17, 15) is 13.2 Å². The number of pyridine rings is 1. The summed E-state index contributed by atoms with van der Waals surface area (Å²) in [4.78, 5) is 17.5. The molecule has 38 heavy (non-hydrogen) atoms. The number of hydrogen-bond donors (Lipinski definition) is 4. The van der Waals surface area contributed by atoms with E-state index in [4.69, 9.17) is 16.3 Å². The number of nitrogens with zero attached hydrogens (tertiary/aromatic N) is 2. The Morgan fingerprint density at radius 2 is 1.87 bits per heavy atom. The molecular weight excluding hydrogens is 528 g/mol. The molecule has 3 aromatic rings. The highest BCUT2D eigenvalue weighted by molar-refractivity contribution is 7.92. The van der Waals surface area contributed by atoms with Crippen molar-refractivity contribution >= 4 is 50.3 Å². The molecule has 1 amide bonds. The highest BCUT2D eigenvalue weighted by atomic mass is 35.5. The lowest BCUT2D eigenvalue weighted by Crippen LogP contribution is -2.36. The first-order chi connectivity index (χ1) is 17.9. The average Bonchev–Trinajstić information content (AvgIpc) is 3.33. The van der Waals surface area contributed by atoms with Crippen LogP contribution in [-0.4, -0.2) is 32.7 Å². The summed E-state index contributed by atoms with van der Waals surface area (Å²) in [5, 5.41) is 4.95. The van der Waals surface area contributed by atoms with Gasteiger partial charge in [0.25, 0.3) is 5.91 Å². The third-order valence-electron chi connectivity index (χ3n) is 5.71. The van der Waals surface area contributed by atoms with Gasteiger partial charge >= 0.3 is 0 Å². The summed E-state index contributed by atoms with van der Waals surface area (Å²) < 4.78 is 32.0. The zero-order valence-corrected chi connectivity index (χ0v) is 23.2. The third-order valence-corrected chi connectivity index (χ3v) is 6.62. The van der Waals surface area contributed by atoms with E-state index in [0.29, 0.717) is 22.0 Å². The molecule has 0 unspecified atom stereocenters. The Balaban J connectivity index is 1.67. The minimum absolute atomic E-state index is 0.195. The second kappa shape index (κ2) is 10.5. The van der Waals surface area contributed by atoms with Crippen molar-refractivity contribution in [2.24, 2.45) is 0 Å². The van der Waals surface area contributed by atoms with Gasteiger partial charge in [0, 0.05) is 29.7 Å². The van der Waals surface area contributed by atoms with Crippen molar-refractivity contribution in [1.29, 1.82) is 0 Å². The molecule has 4 N–H and O–H groups in total. The van der Waals surface area contributed by atoms with Crippen molar-refractivity contribution in [3.63, 3.8) is 0 Å². The van der Waals surface area contributed by atoms with Crippen molar-refractivity contribution in [3.05, 3.63) is 82.8 Å². The molecule has 0 saturated carbocycles. The van der Waals surface area contributed by atoms with E-state index in [2.05, 4.69) is 26.0 Å². The number of methoxy groups -OCH3 is 1. The smallest absolute Gasteiger partial charge is 0.255 e. The number of halogens is 1. The van der Waals surface area contributed by atoms with Crippen LogP contribution in [0.5, 0.6) is 5.75 Å². The number of anilines is 3. The number of carbonyl (C=O) groups is 1. The van der Waals surface area contributed by atoms with Gasteiger partial charge in [-0.05, 0) is 53.4 Å². The number of amides is 1. The molecular formula is C26H29ClN6O4S. The van der Waals surface area contributed by atoms with Gasteiger partial charge in [-0.1, -0.05) is 32.4 Å². The molecule has 0 atom stereocenters. The van der Waals surface area contributed by atoms with Gasteiger partial charge in [0.2, 0.25) is 10.0 Å². The number of benzene rings is 2. The van der Waals surface area contributed by atoms with Crippen molar-refractivity contribution in [1.82, 2.24) is 15.9 Å². The number of aromatic nitrogens is 1. The molecule has 0 fully saturated rings.